The number of halogens is 2. The van der Waals surface area contributed by atoms with E-state index >= 15 is 0 Å². The largest absolute Gasteiger partial charge is 0.490 e. The Kier molecular flexibility index (Phi) is 9.52. The molecule has 0 atom stereocenters. The van der Waals surface area contributed by atoms with Gasteiger partial charge in [0.15, 0.2) is 11.5 Å². The van der Waals surface area contributed by atoms with E-state index in [1.54, 1.807) is 48.5 Å². The summed E-state index contributed by atoms with van der Waals surface area (Å²) in [5.74, 6) is -0.702. The summed E-state index contributed by atoms with van der Waals surface area (Å²) in [6.07, 6.45) is 2.13. The van der Waals surface area contributed by atoms with E-state index < -0.39 is 11.8 Å². The Bertz CT molecular complexity index is 1210. The minimum atomic E-state index is -0.881. The summed E-state index contributed by atoms with van der Waals surface area (Å²) in [6, 6.07) is 17.7. The average molecular weight is 514 g/mol. The number of aryl methyl sites for hydroxylation is 1. The Labute approximate surface area is 214 Å². The molecule has 3 aromatic rings. The van der Waals surface area contributed by atoms with Crippen LogP contribution in [0.15, 0.2) is 65.8 Å². The van der Waals surface area contributed by atoms with Crippen LogP contribution in [0, 0.1) is 0 Å². The molecule has 2 N–H and O–H groups in total. The fourth-order valence-corrected chi connectivity index (χ4v) is 3.67. The molecule has 0 radical (unpaired) electrons. The van der Waals surface area contributed by atoms with E-state index in [2.05, 4.69) is 15.8 Å². The van der Waals surface area contributed by atoms with Gasteiger partial charge in [0.1, 0.15) is 6.61 Å². The Balaban J connectivity index is 1.63. The maximum atomic E-state index is 12.2. The monoisotopic (exact) mass is 513 g/mol. The van der Waals surface area contributed by atoms with E-state index in [0.717, 1.165) is 12.0 Å². The molecule has 2 amide bonds. The molecule has 0 saturated heterocycles. The van der Waals surface area contributed by atoms with E-state index in [-0.39, 0.29) is 6.61 Å². The molecule has 0 aliphatic heterocycles. The number of hydrogen-bond donors (Lipinski definition) is 2. The van der Waals surface area contributed by atoms with Crippen molar-refractivity contribution in [3.63, 3.8) is 0 Å². The van der Waals surface area contributed by atoms with E-state index in [1.807, 2.05) is 26.0 Å². The lowest BCUT2D eigenvalue weighted by Gasteiger charge is -2.14. The minimum Gasteiger partial charge on any atom is -0.490 e. The highest BCUT2D eigenvalue weighted by atomic mass is 35.5. The number of anilines is 1. The lowest BCUT2D eigenvalue weighted by molar-refractivity contribution is -0.136. The number of hydrogen-bond acceptors (Lipinski definition) is 5. The van der Waals surface area contributed by atoms with Crippen LogP contribution in [-0.2, 0) is 22.6 Å². The van der Waals surface area contributed by atoms with Crippen molar-refractivity contribution in [1.82, 2.24) is 5.43 Å². The van der Waals surface area contributed by atoms with E-state index in [9.17, 15) is 9.59 Å². The van der Waals surface area contributed by atoms with Crippen molar-refractivity contribution < 1.29 is 19.1 Å². The molecule has 0 spiro atoms. The van der Waals surface area contributed by atoms with Gasteiger partial charge in [-0.2, -0.15) is 5.10 Å². The van der Waals surface area contributed by atoms with Crippen molar-refractivity contribution in [3.8, 4) is 11.5 Å². The zero-order valence-electron chi connectivity index (χ0n) is 19.3. The van der Waals surface area contributed by atoms with Crippen molar-refractivity contribution in [3.05, 3.63) is 87.4 Å². The maximum Gasteiger partial charge on any atom is 0.329 e. The summed E-state index contributed by atoms with van der Waals surface area (Å²) >= 11 is 12.4. The molecule has 0 fully saturated rings. The molecule has 35 heavy (non-hydrogen) atoms. The Morgan fingerprint density at radius 1 is 0.914 bits per heavy atom. The number of amides is 2. The fourth-order valence-electron chi connectivity index (χ4n) is 3.16. The van der Waals surface area contributed by atoms with Crippen molar-refractivity contribution in [2.75, 3.05) is 11.9 Å². The number of carbonyl (C=O) groups excluding carboxylic acids is 2. The van der Waals surface area contributed by atoms with E-state index in [4.69, 9.17) is 32.7 Å². The molecule has 0 aromatic heterocycles. The van der Waals surface area contributed by atoms with Gasteiger partial charge in [0.05, 0.1) is 12.8 Å². The molecule has 7 nitrogen and oxygen atoms in total. The molecule has 3 rings (SSSR count). The molecule has 0 aliphatic carbocycles. The van der Waals surface area contributed by atoms with Crippen LogP contribution in [0.5, 0.6) is 11.5 Å². The molecular weight excluding hydrogens is 489 g/mol. The van der Waals surface area contributed by atoms with Gasteiger partial charge in [-0.25, -0.2) is 5.43 Å². The van der Waals surface area contributed by atoms with Crippen LogP contribution in [0.4, 0.5) is 5.69 Å². The molecule has 182 valence electrons. The van der Waals surface area contributed by atoms with Gasteiger partial charge >= 0.3 is 11.8 Å². The summed E-state index contributed by atoms with van der Waals surface area (Å²) in [5, 5.41) is 7.50. The SMILES string of the molecule is CCOc1cc(/C=N\NC(=O)C(=O)Nc2ccccc2CC)ccc1OCc1c(Cl)cccc1Cl. The van der Waals surface area contributed by atoms with Crippen molar-refractivity contribution in [2.45, 2.75) is 26.9 Å². The van der Waals surface area contributed by atoms with Crippen LogP contribution < -0.4 is 20.2 Å². The number of rotatable bonds is 9. The Morgan fingerprint density at radius 3 is 2.37 bits per heavy atom. The molecule has 0 bridgehead atoms. The van der Waals surface area contributed by atoms with E-state index in [1.165, 1.54) is 6.21 Å². The summed E-state index contributed by atoms with van der Waals surface area (Å²) in [5.41, 5.74) is 5.06. The zero-order chi connectivity index (χ0) is 25.2. The van der Waals surface area contributed by atoms with E-state index in [0.29, 0.717) is 45.0 Å². The third-order valence-corrected chi connectivity index (χ3v) is 5.64. The second kappa shape index (κ2) is 12.8. The first kappa shape index (κ1) is 26.1. The highest BCUT2D eigenvalue weighted by Crippen LogP contribution is 2.31. The van der Waals surface area contributed by atoms with Gasteiger partial charge < -0.3 is 14.8 Å². The average Bonchev–Trinajstić information content (AvgIpc) is 2.85. The molecule has 0 heterocycles. The Morgan fingerprint density at radius 2 is 1.66 bits per heavy atom. The standard InChI is InChI=1S/C26H25Cl2N3O4/c1-3-18-8-5-6-11-22(18)30-25(32)26(33)31-29-15-17-12-13-23(24(14-17)34-4-2)35-16-19-20(27)9-7-10-21(19)28/h5-15H,3-4,16H2,1-2H3,(H,30,32)(H,31,33)/b29-15-. The number of nitrogens with zero attached hydrogens (tertiary/aromatic N) is 1. The lowest BCUT2D eigenvalue weighted by Crippen LogP contribution is -2.32. The van der Waals surface area contributed by atoms with Crippen LogP contribution in [0.2, 0.25) is 10.0 Å². The van der Waals surface area contributed by atoms with Crippen LogP contribution >= 0.6 is 23.2 Å². The highest BCUT2D eigenvalue weighted by Gasteiger charge is 2.14. The topological polar surface area (TPSA) is 89.0 Å². The number of hydrazone groups is 1. The van der Waals surface area contributed by atoms with Crippen LogP contribution in [-0.4, -0.2) is 24.6 Å². The highest BCUT2D eigenvalue weighted by molar-refractivity contribution is 6.39. The minimum absolute atomic E-state index is 0.165. The lowest BCUT2D eigenvalue weighted by atomic mass is 10.1. The molecule has 3 aromatic carbocycles. The number of para-hydroxylation sites is 1. The van der Waals surface area contributed by atoms with Crippen LogP contribution in [0.3, 0.4) is 0 Å². The van der Waals surface area contributed by atoms with Crippen molar-refractivity contribution >= 4 is 46.9 Å². The quantitative estimate of drug-likeness (QED) is 0.220. The summed E-state index contributed by atoms with van der Waals surface area (Å²) in [7, 11) is 0. The van der Waals surface area contributed by atoms with Gasteiger partial charge in [-0.3, -0.25) is 9.59 Å². The number of ether oxygens (including phenoxy) is 2. The van der Waals surface area contributed by atoms with Gasteiger partial charge in [-0.15, -0.1) is 0 Å². The molecule has 0 aliphatic rings. The summed E-state index contributed by atoms with van der Waals surface area (Å²) in [4.78, 5) is 24.3. The number of carbonyl (C=O) groups is 2. The van der Waals surface area contributed by atoms with Crippen LogP contribution in [0.1, 0.15) is 30.5 Å². The molecule has 9 heteroatoms. The zero-order valence-corrected chi connectivity index (χ0v) is 20.8. The first-order valence-electron chi connectivity index (χ1n) is 11.0. The smallest absolute Gasteiger partial charge is 0.329 e. The van der Waals surface area contributed by atoms with Crippen LogP contribution in [0.25, 0.3) is 0 Å². The molecular formula is C26H25Cl2N3O4. The first-order chi connectivity index (χ1) is 16.9. The Hall–Kier alpha value is -3.55. The maximum absolute atomic E-state index is 12.2. The van der Waals surface area contributed by atoms with Gasteiger partial charge in [0.25, 0.3) is 0 Å². The summed E-state index contributed by atoms with van der Waals surface area (Å²) in [6.45, 7) is 4.40. The normalized spacial score (nSPS) is 10.7. The van der Waals surface area contributed by atoms with Crippen molar-refractivity contribution in [1.29, 1.82) is 0 Å². The summed E-state index contributed by atoms with van der Waals surface area (Å²) < 4.78 is 11.6. The van der Waals surface area contributed by atoms with Gasteiger partial charge in [0.2, 0.25) is 0 Å². The third kappa shape index (κ3) is 7.21. The fraction of sp³-hybridized carbons (Fsp3) is 0.192. The second-order valence-corrected chi connectivity index (χ2v) is 8.11. The second-order valence-electron chi connectivity index (χ2n) is 7.29. The molecule has 0 saturated carbocycles. The molecule has 0 unspecified atom stereocenters. The third-order valence-electron chi connectivity index (χ3n) is 4.93. The number of benzene rings is 3. The predicted molar refractivity (Wildman–Crippen MR) is 139 cm³/mol. The van der Waals surface area contributed by atoms with Gasteiger partial charge in [-0.05, 0) is 60.9 Å². The first-order valence-corrected chi connectivity index (χ1v) is 11.7. The van der Waals surface area contributed by atoms with Gasteiger partial charge in [0, 0.05) is 21.3 Å². The van der Waals surface area contributed by atoms with Crippen molar-refractivity contribution in [2.24, 2.45) is 5.10 Å². The predicted octanol–water partition coefficient (Wildman–Crippen LogP) is 5.62. The number of nitrogens with one attached hydrogen (secondary N) is 2. The van der Waals surface area contributed by atoms with Gasteiger partial charge in [-0.1, -0.05) is 54.4 Å².